The molecular formula is C20H16N2O. The Labute approximate surface area is 134 Å². The van der Waals surface area contributed by atoms with Gasteiger partial charge in [-0.15, -0.1) is 0 Å². The lowest BCUT2D eigenvalue weighted by atomic mass is 10.0. The minimum atomic E-state index is 0.596. The Balaban J connectivity index is 1.98. The highest BCUT2D eigenvalue weighted by Crippen LogP contribution is 2.28. The van der Waals surface area contributed by atoms with Crippen LogP contribution in [0.3, 0.4) is 0 Å². The van der Waals surface area contributed by atoms with E-state index in [0.717, 1.165) is 22.2 Å². The summed E-state index contributed by atoms with van der Waals surface area (Å²) in [5, 5.41) is 3.54. The van der Waals surface area contributed by atoms with Crippen molar-refractivity contribution >= 4 is 21.7 Å². The topological polar surface area (TPSA) is 35.0 Å². The summed E-state index contributed by atoms with van der Waals surface area (Å²) < 4.78 is 5.21. The Morgan fingerprint density at radius 2 is 1.65 bits per heavy atom. The third-order valence-electron chi connectivity index (χ3n) is 4.07. The molecule has 0 aliphatic rings. The van der Waals surface area contributed by atoms with Gasteiger partial charge in [0, 0.05) is 28.6 Å². The summed E-state index contributed by atoms with van der Waals surface area (Å²) in [5.41, 5.74) is 4.19. The molecule has 2 aromatic heterocycles. The second-order valence-electron chi connectivity index (χ2n) is 5.65. The highest BCUT2D eigenvalue weighted by molar-refractivity contribution is 6.05. The van der Waals surface area contributed by atoms with Gasteiger partial charge in [-0.25, -0.2) is 9.97 Å². The molecule has 0 aliphatic carbocycles. The Kier molecular flexibility index (Phi) is 3.19. The molecule has 0 saturated carbocycles. The van der Waals surface area contributed by atoms with E-state index in [1.54, 1.807) is 13.3 Å². The van der Waals surface area contributed by atoms with Crippen LogP contribution in [0.1, 0.15) is 5.56 Å². The van der Waals surface area contributed by atoms with Crippen LogP contribution < -0.4 is 4.74 Å². The van der Waals surface area contributed by atoms with Gasteiger partial charge < -0.3 is 4.74 Å². The van der Waals surface area contributed by atoms with Crippen LogP contribution in [0.25, 0.3) is 32.9 Å². The Morgan fingerprint density at radius 3 is 2.52 bits per heavy atom. The molecule has 112 valence electrons. The van der Waals surface area contributed by atoms with Gasteiger partial charge in [-0.1, -0.05) is 35.9 Å². The molecule has 23 heavy (non-hydrogen) atoms. The van der Waals surface area contributed by atoms with Crippen LogP contribution in [0, 0.1) is 6.92 Å². The van der Waals surface area contributed by atoms with Gasteiger partial charge in [-0.2, -0.15) is 0 Å². The molecule has 0 N–H and O–H groups in total. The third-order valence-corrected chi connectivity index (χ3v) is 4.07. The Bertz CT molecular complexity index is 1020. The first-order valence-corrected chi connectivity index (χ1v) is 7.55. The summed E-state index contributed by atoms with van der Waals surface area (Å²) in [6.07, 6.45) is 1.74. The van der Waals surface area contributed by atoms with E-state index in [-0.39, 0.29) is 0 Å². The molecule has 4 rings (SSSR count). The number of hydrogen-bond donors (Lipinski definition) is 0. The van der Waals surface area contributed by atoms with Crippen molar-refractivity contribution in [2.24, 2.45) is 0 Å². The maximum atomic E-state index is 5.21. The zero-order chi connectivity index (χ0) is 15.8. The summed E-state index contributed by atoms with van der Waals surface area (Å²) in [7, 11) is 1.62. The first kappa shape index (κ1) is 13.7. The van der Waals surface area contributed by atoms with Gasteiger partial charge in [0.1, 0.15) is 0 Å². The molecule has 2 aromatic carbocycles. The average Bonchev–Trinajstić information content (AvgIpc) is 2.61. The number of hydrogen-bond acceptors (Lipinski definition) is 3. The molecule has 0 aliphatic heterocycles. The predicted molar refractivity (Wildman–Crippen MR) is 93.8 cm³/mol. The summed E-state index contributed by atoms with van der Waals surface area (Å²) in [5.74, 6) is 0.596. The number of aromatic nitrogens is 2. The number of benzene rings is 2. The molecule has 0 saturated heterocycles. The fourth-order valence-corrected chi connectivity index (χ4v) is 2.86. The molecule has 0 bridgehead atoms. The first-order chi connectivity index (χ1) is 11.2. The van der Waals surface area contributed by atoms with Gasteiger partial charge in [0.2, 0.25) is 5.88 Å². The molecule has 0 amide bonds. The molecular weight excluding hydrogens is 284 g/mol. The normalized spacial score (nSPS) is 11.0. The van der Waals surface area contributed by atoms with Crippen LogP contribution in [0.15, 0.2) is 60.8 Å². The van der Waals surface area contributed by atoms with Crippen LogP contribution in [-0.2, 0) is 0 Å². The Morgan fingerprint density at radius 1 is 0.870 bits per heavy atom. The van der Waals surface area contributed by atoms with Gasteiger partial charge in [-0.3, -0.25) is 0 Å². The zero-order valence-electron chi connectivity index (χ0n) is 13.1. The minimum absolute atomic E-state index is 0.596. The van der Waals surface area contributed by atoms with E-state index in [2.05, 4.69) is 48.3 Å². The second kappa shape index (κ2) is 5.36. The van der Waals surface area contributed by atoms with Crippen LogP contribution in [0.5, 0.6) is 5.88 Å². The molecule has 0 unspecified atom stereocenters. The molecule has 0 spiro atoms. The van der Waals surface area contributed by atoms with Crippen molar-refractivity contribution in [3.8, 4) is 17.1 Å². The number of pyridine rings is 2. The van der Waals surface area contributed by atoms with E-state index < -0.39 is 0 Å². The highest BCUT2D eigenvalue weighted by atomic mass is 16.5. The van der Waals surface area contributed by atoms with Crippen molar-refractivity contribution in [1.82, 2.24) is 9.97 Å². The van der Waals surface area contributed by atoms with Crippen molar-refractivity contribution in [2.45, 2.75) is 6.92 Å². The number of methoxy groups -OCH3 is 1. The minimum Gasteiger partial charge on any atom is -0.481 e. The summed E-state index contributed by atoms with van der Waals surface area (Å²) in [6.45, 7) is 2.11. The molecule has 2 heterocycles. The van der Waals surface area contributed by atoms with Crippen molar-refractivity contribution in [1.29, 1.82) is 0 Å². The predicted octanol–water partition coefficient (Wildman–Crippen LogP) is 4.77. The van der Waals surface area contributed by atoms with Crippen LogP contribution in [0.2, 0.25) is 0 Å². The van der Waals surface area contributed by atoms with Gasteiger partial charge in [-0.05, 0) is 30.5 Å². The van der Waals surface area contributed by atoms with E-state index in [0.29, 0.717) is 5.88 Å². The maximum absolute atomic E-state index is 5.21. The largest absolute Gasteiger partial charge is 0.481 e. The standard InChI is InChI=1S/C20H16N2O/c1-13-3-4-14-5-6-15-7-8-18(22-20(15)17(14)11-13)16-9-10-21-19(12-16)23-2/h3-12H,1-2H3. The lowest BCUT2D eigenvalue weighted by Crippen LogP contribution is -1.90. The number of ether oxygens (including phenoxy) is 1. The lowest BCUT2D eigenvalue weighted by molar-refractivity contribution is 0.398. The Hall–Kier alpha value is -2.94. The van der Waals surface area contributed by atoms with E-state index in [9.17, 15) is 0 Å². The van der Waals surface area contributed by atoms with Crippen molar-refractivity contribution in [2.75, 3.05) is 7.11 Å². The molecule has 3 nitrogen and oxygen atoms in total. The fourth-order valence-electron chi connectivity index (χ4n) is 2.86. The lowest BCUT2D eigenvalue weighted by Gasteiger charge is -2.08. The quantitative estimate of drug-likeness (QED) is 0.500. The second-order valence-corrected chi connectivity index (χ2v) is 5.65. The summed E-state index contributed by atoms with van der Waals surface area (Å²) in [4.78, 5) is 9.06. The fraction of sp³-hybridized carbons (Fsp3) is 0.100. The van der Waals surface area contributed by atoms with E-state index in [1.807, 2.05) is 18.2 Å². The van der Waals surface area contributed by atoms with Crippen LogP contribution in [-0.4, -0.2) is 17.1 Å². The third kappa shape index (κ3) is 2.40. The summed E-state index contributed by atoms with van der Waals surface area (Å²) in [6, 6.07) is 18.8. The summed E-state index contributed by atoms with van der Waals surface area (Å²) >= 11 is 0. The zero-order valence-corrected chi connectivity index (χ0v) is 13.1. The molecule has 0 atom stereocenters. The molecule has 0 radical (unpaired) electrons. The first-order valence-electron chi connectivity index (χ1n) is 7.55. The van der Waals surface area contributed by atoms with Crippen molar-refractivity contribution in [3.05, 3.63) is 66.4 Å². The maximum Gasteiger partial charge on any atom is 0.213 e. The monoisotopic (exact) mass is 300 g/mol. The van der Waals surface area contributed by atoms with Gasteiger partial charge in [0.25, 0.3) is 0 Å². The molecule has 4 aromatic rings. The van der Waals surface area contributed by atoms with Crippen molar-refractivity contribution in [3.63, 3.8) is 0 Å². The highest BCUT2D eigenvalue weighted by Gasteiger charge is 2.07. The SMILES string of the molecule is COc1cc(-c2ccc3ccc4ccc(C)cc4c3n2)ccn1. The smallest absolute Gasteiger partial charge is 0.213 e. The van der Waals surface area contributed by atoms with Gasteiger partial charge >= 0.3 is 0 Å². The number of nitrogens with zero attached hydrogens (tertiary/aromatic N) is 2. The van der Waals surface area contributed by atoms with Gasteiger partial charge in [0.15, 0.2) is 0 Å². The van der Waals surface area contributed by atoms with E-state index in [4.69, 9.17) is 9.72 Å². The molecule has 3 heteroatoms. The molecule has 0 fully saturated rings. The van der Waals surface area contributed by atoms with E-state index in [1.165, 1.54) is 16.3 Å². The van der Waals surface area contributed by atoms with Crippen molar-refractivity contribution < 1.29 is 4.74 Å². The van der Waals surface area contributed by atoms with Crippen LogP contribution in [0.4, 0.5) is 0 Å². The number of rotatable bonds is 2. The van der Waals surface area contributed by atoms with Gasteiger partial charge in [0.05, 0.1) is 18.3 Å². The number of aryl methyl sites for hydroxylation is 1. The number of fused-ring (bicyclic) bond motifs is 3. The van der Waals surface area contributed by atoms with E-state index >= 15 is 0 Å². The van der Waals surface area contributed by atoms with Crippen LogP contribution >= 0.6 is 0 Å². The average molecular weight is 300 g/mol.